The quantitative estimate of drug-likeness (QED) is 0.243. The number of aromatic carboxylic acids is 1. The van der Waals surface area contributed by atoms with Crippen LogP contribution in [-0.4, -0.2) is 27.7 Å². The number of hydrogen-bond donors (Lipinski definition) is 1. The summed E-state index contributed by atoms with van der Waals surface area (Å²) < 4.78 is 6.00. The van der Waals surface area contributed by atoms with E-state index < -0.39 is 5.97 Å². The van der Waals surface area contributed by atoms with Crippen LogP contribution >= 0.6 is 0 Å². The zero-order chi connectivity index (χ0) is 25.9. The van der Waals surface area contributed by atoms with E-state index in [1.807, 2.05) is 54.6 Å². The van der Waals surface area contributed by atoms with Gasteiger partial charge in [0.2, 0.25) is 0 Å². The van der Waals surface area contributed by atoms with Gasteiger partial charge in [0, 0.05) is 16.7 Å². The SMILES string of the molecule is CC(=O)c1cccc(-c2ccc(/C=C3\C=C(c4ccccc4)N(Cc4ccc(C(=O)O)cc4)C3=O)o2)c1. The van der Waals surface area contributed by atoms with Crippen LogP contribution in [0.3, 0.4) is 0 Å². The van der Waals surface area contributed by atoms with Crippen molar-refractivity contribution in [1.29, 1.82) is 0 Å². The van der Waals surface area contributed by atoms with Crippen molar-refractivity contribution in [3.8, 4) is 11.3 Å². The van der Waals surface area contributed by atoms with Gasteiger partial charge >= 0.3 is 5.97 Å². The lowest BCUT2D eigenvalue weighted by molar-refractivity contribution is -0.123. The molecule has 6 nitrogen and oxygen atoms in total. The van der Waals surface area contributed by atoms with Crippen LogP contribution in [0.15, 0.2) is 107 Å². The maximum absolute atomic E-state index is 13.5. The van der Waals surface area contributed by atoms with Crippen LogP contribution in [0.2, 0.25) is 0 Å². The molecule has 6 heteroatoms. The van der Waals surface area contributed by atoms with E-state index in [0.717, 1.165) is 22.4 Å². The average Bonchev–Trinajstić information content (AvgIpc) is 3.50. The molecule has 0 atom stereocenters. The van der Waals surface area contributed by atoms with Gasteiger partial charge in [-0.1, -0.05) is 60.7 Å². The maximum Gasteiger partial charge on any atom is 0.335 e. The Hall–Kier alpha value is -4.97. The number of carboxylic acids is 1. The van der Waals surface area contributed by atoms with Gasteiger partial charge in [0.25, 0.3) is 5.91 Å². The first-order valence-electron chi connectivity index (χ1n) is 11.7. The first-order chi connectivity index (χ1) is 17.9. The molecule has 1 N–H and O–H groups in total. The van der Waals surface area contributed by atoms with E-state index in [1.54, 1.807) is 41.3 Å². The first kappa shape index (κ1) is 23.8. The van der Waals surface area contributed by atoms with Crippen molar-refractivity contribution in [2.45, 2.75) is 13.5 Å². The molecule has 0 aliphatic carbocycles. The van der Waals surface area contributed by atoms with Gasteiger partial charge in [-0.3, -0.25) is 9.59 Å². The van der Waals surface area contributed by atoms with Crippen LogP contribution in [0.4, 0.5) is 0 Å². The summed E-state index contributed by atoms with van der Waals surface area (Å²) >= 11 is 0. The number of hydrogen-bond acceptors (Lipinski definition) is 4. The molecule has 0 radical (unpaired) electrons. The van der Waals surface area contributed by atoms with E-state index in [-0.39, 0.29) is 23.8 Å². The fourth-order valence-electron chi connectivity index (χ4n) is 4.23. The fourth-order valence-corrected chi connectivity index (χ4v) is 4.23. The van der Waals surface area contributed by atoms with Gasteiger partial charge in [-0.2, -0.15) is 0 Å². The summed E-state index contributed by atoms with van der Waals surface area (Å²) in [6.45, 7) is 1.81. The van der Waals surface area contributed by atoms with Crippen molar-refractivity contribution < 1.29 is 23.9 Å². The van der Waals surface area contributed by atoms with Gasteiger partial charge in [0.1, 0.15) is 11.5 Å². The average molecular weight is 490 g/mol. The summed E-state index contributed by atoms with van der Waals surface area (Å²) in [6.07, 6.45) is 3.54. The number of furan rings is 1. The van der Waals surface area contributed by atoms with Crippen LogP contribution in [0.25, 0.3) is 23.1 Å². The van der Waals surface area contributed by atoms with Gasteiger partial charge in [-0.05, 0) is 60.5 Å². The predicted molar refractivity (Wildman–Crippen MR) is 140 cm³/mol. The monoisotopic (exact) mass is 489 g/mol. The molecule has 1 aromatic heterocycles. The standard InChI is InChI=1S/C31H23NO5/c1-20(33)24-8-5-9-25(16-24)29-15-14-27(37-29)17-26-18-28(22-6-3-2-4-7-22)32(30(26)34)19-21-10-12-23(13-11-21)31(35)36/h2-18H,19H2,1H3,(H,35,36)/b26-17+. The van der Waals surface area contributed by atoms with Gasteiger partial charge in [0.05, 0.1) is 17.8 Å². The van der Waals surface area contributed by atoms with Gasteiger partial charge in [-0.15, -0.1) is 0 Å². The van der Waals surface area contributed by atoms with Crippen LogP contribution in [0.5, 0.6) is 0 Å². The van der Waals surface area contributed by atoms with Crippen molar-refractivity contribution >= 4 is 29.4 Å². The largest absolute Gasteiger partial charge is 0.478 e. The number of amides is 1. The summed E-state index contributed by atoms with van der Waals surface area (Å²) in [5, 5.41) is 9.17. The second-order valence-corrected chi connectivity index (χ2v) is 8.73. The Morgan fingerprint density at radius 3 is 2.30 bits per heavy atom. The highest BCUT2D eigenvalue weighted by molar-refractivity contribution is 6.10. The van der Waals surface area contributed by atoms with Crippen LogP contribution < -0.4 is 0 Å². The number of Topliss-reactive ketones (excluding diaryl/α,β-unsaturated/α-hetero) is 1. The molecule has 0 saturated carbocycles. The molecule has 0 fully saturated rings. The summed E-state index contributed by atoms with van der Waals surface area (Å²) in [6, 6.07) is 26.9. The number of nitrogens with zero attached hydrogens (tertiary/aromatic N) is 1. The van der Waals surface area contributed by atoms with E-state index in [9.17, 15) is 19.5 Å². The second-order valence-electron chi connectivity index (χ2n) is 8.73. The molecular formula is C31H23NO5. The molecule has 2 heterocycles. The summed E-state index contributed by atoms with van der Waals surface area (Å²) in [5.41, 5.74) is 4.50. The zero-order valence-electron chi connectivity index (χ0n) is 20.0. The second kappa shape index (κ2) is 9.95. The van der Waals surface area contributed by atoms with Crippen molar-refractivity contribution in [1.82, 2.24) is 4.90 Å². The molecule has 0 saturated heterocycles. The Kier molecular flexibility index (Phi) is 6.39. The highest BCUT2D eigenvalue weighted by Crippen LogP contribution is 2.33. The smallest absolute Gasteiger partial charge is 0.335 e. The first-order valence-corrected chi connectivity index (χ1v) is 11.7. The number of rotatable bonds is 7. The van der Waals surface area contributed by atoms with Crippen LogP contribution in [-0.2, 0) is 11.3 Å². The third kappa shape index (κ3) is 5.04. The van der Waals surface area contributed by atoms with Crippen LogP contribution in [0, 0.1) is 0 Å². The van der Waals surface area contributed by atoms with E-state index >= 15 is 0 Å². The molecule has 0 bridgehead atoms. The number of carbonyl (C=O) groups excluding carboxylic acids is 2. The number of ketones is 1. The van der Waals surface area contributed by atoms with Crippen molar-refractivity contribution in [3.05, 3.63) is 131 Å². The molecule has 3 aromatic carbocycles. The molecule has 37 heavy (non-hydrogen) atoms. The number of carbonyl (C=O) groups is 3. The predicted octanol–water partition coefficient (Wildman–Crippen LogP) is 6.31. The molecular weight excluding hydrogens is 466 g/mol. The number of benzene rings is 3. The lowest BCUT2D eigenvalue weighted by Crippen LogP contribution is -2.25. The Balaban J connectivity index is 1.46. The Morgan fingerprint density at radius 2 is 1.59 bits per heavy atom. The Morgan fingerprint density at radius 1 is 0.865 bits per heavy atom. The third-order valence-corrected chi connectivity index (χ3v) is 6.16. The molecule has 1 aliphatic heterocycles. The minimum atomic E-state index is -0.996. The van der Waals surface area contributed by atoms with Crippen LogP contribution in [0.1, 0.15) is 44.5 Å². The van der Waals surface area contributed by atoms with Gasteiger partial charge < -0.3 is 14.4 Å². The number of carboxylic acid groups (broad SMARTS) is 1. The summed E-state index contributed by atoms with van der Waals surface area (Å²) in [4.78, 5) is 38.1. The van der Waals surface area contributed by atoms with Gasteiger partial charge in [0.15, 0.2) is 5.78 Å². The molecule has 1 aliphatic rings. The third-order valence-electron chi connectivity index (χ3n) is 6.16. The Bertz CT molecular complexity index is 1560. The topological polar surface area (TPSA) is 87.8 Å². The molecule has 0 unspecified atom stereocenters. The molecule has 0 spiro atoms. The van der Waals surface area contributed by atoms with E-state index in [2.05, 4.69) is 0 Å². The maximum atomic E-state index is 13.5. The summed E-state index contributed by atoms with van der Waals surface area (Å²) in [5.74, 6) is -0.0862. The lowest BCUT2D eigenvalue weighted by Gasteiger charge is -2.21. The minimum absolute atomic E-state index is 0.0245. The lowest BCUT2D eigenvalue weighted by atomic mass is 10.1. The normalized spacial score (nSPS) is 14.2. The van der Waals surface area contributed by atoms with Gasteiger partial charge in [-0.25, -0.2) is 4.79 Å². The molecule has 4 aromatic rings. The fraction of sp³-hybridized carbons (Fsp3) is 0.0645. The molecule has 1 amide bonds. The van der Waals surface area contributed by atoms with E-state index in [0.29, 0.717) is 22.7 Å². The Labute approximate surface area is 213 Å². The molecule has 182 valence electrons. The van der Waals surface area contributed by atoms with Crippen molar-refractivity contribution in [3.63, 3.8) is 0 Å². The zero-order valence-corrected chi connectivity index (χ0v) is 20.0. The van der Waals surface area contributed by atoms with Crippen molar-refractivity contribution in [2.24, 2.45) is 0 Å². The van der Waals surface area contributed by atoms with E-state index in [4.69, 9.17) is 4.42 Å². The highest BCUT2D eigenvalue weighted by Gasteiger charge is 2.29. The summed E-state index contributed by atoms with van der Waals surface area (Å²) in [7, 11) is 0. The van der Waals surface area contributed by atoms with Crippen molar-refractivity contribution in [2.75, 3.05) is 0 Å². The highest BCUT2D eigenvalue weighted by atomic mass is 16.4. The molecule has 5 rings (SSSR count). The minimum Gasteiger partial charge on any atom is -0.478 e. The van der Waals surface area contributed by atoms with E-state index in [1.165, 1.54) is 19.1 Å².